The first-order valence-electron chi connectivity index (χ1n) is 6.38. The molecule has 0 N–H and O–H groups in total. The smallest absolute Gasteiger partial charge is 0.248 e. The van der Waals surface area contributed by atoms with Crippen LogP contribution in [0, 0.1) is 11.8 Å². The van der Waals surface area contributed by atoms with Crippen LogP contribution in [0.3, 0.4) is 0 Å². The summed E-state index contributed by atoms with van der Waals surface area (Å²) in [6, 6.07) is 0. The highest BCUT2D eigenvalue weighted by molar-refractivity contribution is 7.91. The maximum atomic E-state index is 13.2. The van der Waals surface area contributed by atoms with Crippen molar-refractivity contribution in [2.75, 3.05) is 11.5 Å². The lowest BCUT2D eigenvalue weighted by molar-refractivity contribution is -0.124. The van der Waals surface area contributed by atoms with Gasteiger partial charge in [-0.05, 0) is 25.2 Å². The van der Waals surface area contributed by atoms with Crippen LogP contribution < -0.4 is 0 Å². The van der Waals surface area contributed by atoms with E-state index in [2.05, 4.69) is 0 Å². The molecule has 1 saturated heterocycles. The Bertz CT molecular complexity index is 431. The molecule has 2 rings (SSSR count). The monoisotopic (exact) mass is 280 g/mol. The maximum Gasteiger partial charge on any atom is 0.248 e. The Morgan fingerprint density at radius 3 is 2.56 bits per heavy atom. The zero-order valence-electron chi connectivity index (χ0n) is 10.2. The summed E-state index contributed by atoms with van der Waals surface area (Å²) >= 11 is 0. The largest absolute Gasteiger partial charge is 0.299 e. The molecule has 1 heterocycles. The minimum absolute atomic E-state index is 0.0598. The van der Waals surface area contributed by atoms with E-state index in [-0.39, 0.29) is 42.5 Å². The van der Waals surface area contributed by atoms with E-state index in [9.17, 15) is 22.0 Å². The molecule has 2 fully saturated rings. The van der Waals surface area contributed by atoms with E-state index in [1.165, 1.54) is 0 Å². The van der Waals surface area contributed by atoms with Crippen molar-refractivity contribution in [2.24, 2.45) is 11.8 Å². The van der Waals surface area contributed by atoms with Gasteiger partial charge in [-0.25, -0.2) is 17.2 Å². The van der Waals surface area contributed by atoms with E-state index in [1.54, 1.807) is 0 Å². The molecule has 18 heavy (non-hydrogen) atoms. The molecule has 0 radical (unpaired) electrons. The fraction of sp³-hybridized carbons (Fsp3) is 0.917. The molecule has 6 heteroatoms. The van der Waals surface area contributed by atoms with Gasteiger partial charge in [-0.1, -0.05) is 0 Å². The Labute approximate surface area is 106 Å². The first-order chi connectivity index (χ1) is 8.27. The molecule has 0 aromatic rings. The number of sulfone groups is 1. The first kappa shape index (κ1) is 13.9. The second-order valence-electron chi connectivity index (χ2n) is 5.59. The van der Waals surface area contributed by atoms with E-state index < -0.39 is 21.7 Å². The lowest BCUT2D eigenvalue weighted by Crippen LogP contribution is -2.29. The molecule has 1 saturated carbocycles. The minimum atomic E-state index is -3.07. The van der Waals surface area contributed by atoms with Gasteiger partial charge in [0.15, 0.2) is 9.84 Å². The maximum absolute atomic E-state index is 13.2. The summed E-state index contributed by atoms with van der Waals surface area (Å²) in [5, 5.41) is 0. The van der Waals surface area contributed by atoms with Crippen LogP contribution in [0.2, 0.25) is 0 Å². The van der Waals surface area contributed by atoms with Gasteiger partial charge in [0.2, 0.25) is 5.92 Å². The van der Waals surface area contributed by atoms with Crippen LogP contribution >= 0.6 is 0 Å². The van der Waals surface area contributed by atoms with E-state index in [1.807, 2.05) is 0 Å². The van der Waals surface area contributed by atoms with Crippen molar-refractivity contribution >= 4 is 15.6 Å². The Balaban J connectivity index is 1.88. The van der Waals surface area contributed by atoms with Crippen molar-refractivity contribution in [1.82, 2.24) is 0 Å². The van der Waals surface area contributed by atoms with Gasteiger partial charge in [-0.3, -0.25) is 4.79 Å². The van der Waals surface area contributed by atoms with E-state index >= 15 is 0 Å². The van der Waals surface area contributed by atoms with Gasteiger partial charge in [0.1, 0.15) is 5.78 Å². The van der Waals surface area contributed by atoms with Crippen molar-refractivity contribution in [2.45, 2.75) is 44.4 Å². The third-order valence-electron chi connectivity index (χ3n) is 3.92. The van der Waals surface area contributed by atoms with Gasteiger partial charge < -0.3 is 0 Å². The molecule has 0 amide bonds. The topological polar surface area (TPSA) is 51.2 Å². The van der Waals surface area contributed by atoms with Crippen LogP contribution in [0.15, 0.2) is 0 Å². The van der Waals surface area contributed by atoms with Gasteiger partial charge in [-0.2, -0.15) is 0 Å². The standard InChI is InChI=1S/C12H18F2O3S/c13-12(14)4-1-2-9(7-12)6-11(15)10-3-5-18(16,17)8-10/h9-10H,1-8H2. The summed E-state index contributed by atoms with van der Waals surface area (Å²) in [6.07, 6.45) is 1.28. The molecule has 3 nitrogen and oxygen atoms in total. The number of carbonyl (C=O) groups excluding carboxylic acids is 1. The zero-order valence-corrected chi connectivity index (χ0v) is 11.0. The van der Waals surface area contributed by atoms with Gasteiger partial charge in [0, 0.05) is 25.2 Å². The average molecular weight is 280 g/mol. The molecule has 0 spiro atoms. The molecule has 2 atom stereocenters. The third-order valence-corrected chi connectivity index (χ3v) is 5.69. The Morgan fingerprint density at radius 1 is 1.28 bits per heavy atom. The van der Waals surface area contributed by atoms with Crippen LogP contribution in [-0.2, 0) is 14.6 Å². The molecule has 104 valence electrons. The van der Waals surface area contributed by atoms with Gasteiger partial charge in [0.25, 0.3) is 0 Å². The zero-order chi connectivity index (χ0) is 13.4. The molecule has 0 aromatic carbocycles. The van der Waals surface area contributed by atoms with E-state index in [4.69, 9.17) is 0 Å². The van der Waals surface area contributed by atoms with Gasteiger partial charge in [-0.15, -0.1) is 0 Å². The van der Waals surface area contributed by atoms with E-state index in [0.29, 0.717) is 19.3 Å². The summed E-state index contributed by atoms with van der Waals surface area (Å²) < 4.78 is 48.9. The SMILES string of the molecule is O=C(CC1CCCC(F)(F)C1)C1CCS(=O)(=O)C1. The summed E-state index contributed by atoms with van der Waals surface area (Å²) in [5.74, 6) is -3.54. The number of alkyl halides is 2. The molecule has 2 aliphatic rings. The fourth-order valence-electron chi connectivity index (χ4n) is 2.95. The first-order valence-corrected chi connectivity index (χ1v) is 8.20. The van der Waals surface area contributed by atoms with Crippen LogP contribution in [0.5, 0.6) is 0 Å². The number of hydrogen-bond acceptors (Lipinski definition) is 3. The van der Waals surface area contributed by atoms with Crippen LogP contribution in [-0.4, -0.2) is 31.6 Å². The van der Waals surface area contributed by atoms with Crippen LogP contribution in [0.4, 0.5) is 8.78 Å². The number of halogens is 2. The summed E-state index contributed by atoms with van der Waals surface area (Å²) in [7, 11) is -3.07. The Morgan fingerprint density at radius 2 is 2.00 bits per heavy atom. The molecule has 2 unspecified atom stereocenters. The summed E-state index contributed by atoms with van der Waals surface area (Å²) in [6.45, 7) is 0. The fourth-order valence-corrected chi connectivity index (χ4v) is 4.73. The highest BCUT2D eigenvalue weighted by atomic mass is 32.2. The van der Waals surface area contributed by atoms with Crippen molar-refractivity contribution in [1.29, 1.82) is 0 Å². The van der Waals surface area contributed by atoms with Crippen molar-refractivity contribution < 1.29 is 22.0 Å². The molecular weight excluding hydrogens is 262 g/mol. The minimum Gasteiger partial charge on any atom is -0.299 e. The van der Waals surface area contributed by atoms with E-state index in [0.717, 1.165) is 0 Å². The van der Waals surface area contributed by atoms with Crippen molar-refractivity contribution in [3.05, 3.63) is 0 Å². The molecule has 0 aromatic heterocycles. The molecular formula is C12H18F2O3S. The molecule has 1 aliphatic heterocycles. The molecule has 0 bridgehead atoms. The quantitative estimate of drug-likeness (QED) is 0.796. The third kappa shape index (κ3) is 3.49. The highest BCUT2D eigenvalue weighted by Crippen LogP contribution is 2.38. The lowest BCUT2D eigenvalue weighted by atomic mass is 9.81. The Hall–Kier alpha value is -0.520. The average Bonchev–Trinajstić information content (AvgIpc) is 2.57. The summed E-state index contributed by atoms with van der Waals surface area (Å²) in [4.78, 5) is 11.9. The highest BCUT2D eigenvalue weighted by Gasteiger charge is 2.39. The predicted molar refractivity (Wildman–Crippen MR) is 63.3 cm³/mol. The van der Waals surface area contributed by atoms with Crippen molar-refractivity contribution in [3.63, 3.8) is 0 Å². The van der Waals surface area contributed by atoms with Crippen molar-refractivity contribution in [3.8, 4) is 0 Å². The lowest BCUT2D eigenvalue weighted by Gasteiger charge is -2.28. The number of rotatable bonds is 3. The molecule has 1 aliphatic carbocycles. The second kappa shape index (κ2) is 4.87. The van der Waals surface area contributed by atoms with Gasteiger partial charge >= 0.3 is 0 Å². The summed E-state index contributed by atoms with van der Waals surface area (Å²) in [5.41, 5.74) is 0. The van der Waals surface area contributed by atoms with Crippen LogP contribution in [0.1, 0.15) is 38.5 Å². The number of carbonyl (C=O) groups is 1. The number of ketones is 1. The van der Waals surface area contributed by atoms with Gasteiger partial charge in [0.05, 0.1) is 11.5 Å². The normalized spacial score (nSPS) is 34.3. The number of Topliss-reactive ketones (excluding diaryl/α,β-unsaturated/α-hetero) is 1. The second-order valence-corrected chi connectivity index (χ2v) is 7.82. The number of hydrogen-bond donors (Lipinski definition) is 0. The predicted octanol–water partition coefficient (Wildman–Crippen LogP) is 2.21. The van der Waals surface area contributed by atoms with Crippen LogP contribution in [0.25, 0.3) is 0 Å². The Kier molecular flexibility index (Phi) is 3.76.